The molecule has 2 heteroatoms. The Morgan fingerprint density at radius 1 is 0.714 bits per heavy atom. The fraction of sp³-hybridized carbons (Fsp3) is 0.684. The molecule has 0 spiro atoms. The van der Waals surface area contributed by atoms with E-state index in [1.165, 1.54) is 0 Å². The summed E-state index contributed by atoms with van der Waals surface area (Å²) in [4.78, 5) is 0. The molecule has 0 saturated heterocycles. The van der Waals surface area contributed by atoms with Gasteiger partial charge in [0.25, 0.3) is 0 Å². The SMILES string of the molecule is COC1(OC)C2C3C4c5ccccc5C5C6C4C2C6C1C53. The smallest absolute Gasteiger partial charge is 0.174 e. The lowest BCUT2D eigenvalue weighted by Crippen LogP contribution is -2.48. The summed E-state index contributed by atoms with van der Waals surface area (Å²) in [5, 5.41) is 0. The van der Waals surface area contributed by atoms with Gasteiger partial charge in [0.1, 0.15) is 0 Å². The van der Waals surface area contributed by atoms with Gasteiger partial charge in [-0.3, -0.25) is 0 Å². The minimum Gasteiger partial charge on any atom is -0.353 e. The van der Waals surface area contributed by atoms with E-state index in [0.717, 1.165) is 47.3 Å². The monoisotopic (exact) mass is 280 g/mol. The summed E-state index contributed by atoms with van der Waals surface area (Å²) < 4.78 is 12.2. The average Bonchev–Trinajstić information content (AvgIpc) is 3.04. The number of ether oxygens (including phenoxy) is 2. The number of methoxy groups -OCH3 is 2. The highest BCUT2D eigenvalue weighted by molar-refractivity contribution is 5.53. The molecule has 10 atom stereocenters. The van der Waals surface area contributed by atoms with Gasteiger partial charge in [-0.2, -0.15) is 0 Å². The predicted molar refractivity (Wildman–Crippen MR) is 76.6 cm³/mol. The van der Waals surface area contributed by atoms with Crippen molar-refractivity contribution >= 4 is 0 Å². The number of rotatable bonds is 2. The maximum Gasteiger partial charge on any atom is 0.174 e. The Hall–Kier alpha value is -0.860. The summed E-state index contributed by atoms with van der Waals surface area (Å²) in [5.41, 5.74) is 3.39. The minimum atomic E-state index is -0.247. The number of hydrogen-bond acceptors (Lipinski definition) is 2. The summed E-state index contributed by atoms with van der Waals surface area (Å²) in [5.74, 6) is 8.18. The third-order valence-corrected chi connectivity index (χ3v) is 8.82. The van der Waals surface area contributed by atoms with Crippen molar-refractivity contribution in [1.82, 2.24) is 0 Å². The lowest BCUT2D eigenvalue weighted by molar-refractivity contribution is -0.240. The molecule has 0 aromatic heterocycles. The second-order valence-electron chi connectivity index (χ2n) is 8.33. The lowest BCUT2D eigenvalue weighted by atomic mass is 9.49. The van der Waals surface area contributed by atoms with Crippen molar-refractivity contribution in [2.75, 3.05) is 14.2 Å². The van der Waals surface area contributed by atoms with Crippen molar-refractivity contribution in [2.45, 2.75) is 17.6 Å². The fourth-order valence-corrected chi connectivity index (χ4v) is 9.10. The summed E-state index contributed by atoms with van der Waals surface area (Å²) in [6.45, 7) is 0. The van der Waals surface area contributed by atoms with Crippen LogP contribution >= 0.6 is 0 Å². The molecule has 5 saturated carbocycles. The molecule has 2 nitrogen and oxygen atoms in total. The Kier molecular flexibility index (Phi) is 1.46. The number of benzene rings is 1. The van der Waals surface area contributed by atoms with Crippen molar-refractivity contribution in [3.05, 3.63) is 35.4 Å². The van der Waals surface area contributed by atoms with Gasteiger partial charge in [-0.05, 0) is 58.5 Å². The standard InChI is InChI=1S/C19H20O2/c1-20-19(21-2)17-13-9-7-5-3-4-6-8(7)10-12-11(9)15(17)16(12)18(19)14(10)13/h3-6,9-18H,1-2H3. The summed E-state index contributed by atoms with van der Waals surface area (Å²) in [7, 11) is 3.78. The van der Waals surface area contributed by atoms with E-state index in [-0.39, 0.29) is 5.79 Å². The molecule has 108 valence electrons. The summed E-state index contributed by atoms with van der Waals surface area (Å²) >= 11 is 0. The highest BCUT2D eigenvalue weighted by Crippen LogP contribution is 2.93. The Morgan fingerprint density at radius 2 is 1.19 bits per heavy atom. The van der Waals surface area contributed by atoms with E-state index >= 15 is 0 Å². The maximum atomic E-state index is 6.11. The Labute approximate surface area is 124 Å². The van der Waals surface area contributed by atoms with Gasteiger partial charge in [-0.1, -0.05) is 24.3 Å². The van der Waals surface area contributed by atoms with Gasteiger partial charge in [0.2, 0.25) is 0 Å². The summed E-state index contributed by atoms with van der Waals surface area (Å²) in [6.07, 6.45) is 0. The predicted octanol–water partition coefficient (Wildman–Crippen LogP) is 2.85. The van der Waals surface area contributed by atoms with Crippen LogP contribution < -0.4 is 0 Å². The van der Waals surface area contributed by atoms with Crippen LogP contribution in [0.1, 0.15) is 23.0 Å². The first kappa shape index (κ1) is 10.8. The molecule has 0 heterocycles. The molecule has 0 aliphatic heterocycles. The third kappa shape index (κ3) is 0.724. The third-order valence-electron chi connectivity index (χ3n) is 8.82. The van der Waals surface area contributed by atoms with Crippen molar-refractivity contribution in [3.8, 4) is 0 Å². The van der Waals surface area contributed by atoms with E-state index in [0.29, 0.717) is 11.8 Å². The van der Waals surface area contributed by atoms with Crippen LogP contribution in [0, 0.1) is 47.3 Å². The van der Waals surface area contributed by atoms with Crippen LogP contribution in [0.2, 0.25) is 0 Å². The Bertz CT molecular complexity index is 638. The first-order valence-corrected chi connectivity index (χ1v) is 8.54. The zero-order chi connectivity index (χ0) is 13.7. The van der Waals surface area contributed by atoms with Crippen LogP contribution in [0.25, 0.3) is 0 Å². The van der Waals surface area contributed by atoms with Gasteiger partial charge in [-0.15, -0.1) is 0 Å². The lowest BCUT2D eigenvalue weighted by Gasteiger charge is -2.55. The van der Waals surface area contributed by atoms with Crippen molar-refractivity contribution < 1.29 is 9.47 Å². The first-order chi connectivity index (χ1) is 10.3. The molecule has 4 bridgehead atoms. The van der Waals surface area contributed by atoms with Crippen LogP contribution in [-0.4, -0.2) is 20.0 Å². The van der Waals surface area contributed by atoms with Gasteiger partial charge in [0.05, 0.1) is 0 Å². The summed E-state index contributed by atoms with van der Waals surface area (Å²) in [6, 6.07) is 9.34. The second kappa shape index (κ2) is 2.83. The fourth-order valence-electron chi connectivity index (χ4n) is 9.10. The van der Waals surface area contributed by atoms with E-state index in [4.69, 9.17) is 9.47 Å². The molecule has 8 rings (SSSR count). The minimum absolute atomic E-state index is 0.247. The largest absolute Gasteiger partial charge is 0.353 e. The first-order valence-electron chi connectivity index (χ1n) is 8.54. The molecular formula is C19H20O2. The van der Waals surface area contributed by atoms with E-state index in [1.54, 1.807) is 11.1 Å². The van der Waals surface area contributed by atoms with Crippen molar-refractivity contribution in [2.24, 2.45) is 47.3 Å². The maximum absolute atomic E-state index is 6.11. The topological polar surface area (TPSA) is 18.5 Å². The van der Waals surface area contributed by atoms with E-state index < -0.39 is 0 Å². The Morgan fingerprint density at radius 3 is 1.62 bits per heavy atom. The van der Waals surface area contributed by atoms with E-state index in [9.17, 15) is 0 Å². The molecular weight excluding hydrogens is 260 g/mol. The quantitative estimate of drug-likeness (QED) is 0.776. The molecule has 0 radical (unpaired) electrons. The van der Waals surface area contributed by atoms with Crippen LogP contribution in [0.4, 0.5) is 0 Å². The molecule has 1 aromatic rings. The molecule has 0 amide bonds. The van der Waals surface area contributed by atoms with Crippen molar-refractivity contribution in [3.63, 3.8) is 0 Å². The van der Waals surface area contributed by atoms with Gasteiger partial charge < -0.3 is 9.47 Å². The average molecular weight is 280 g/mol. The van der Waals surface area contributed by atoms with Crippen LogP contribution in [0.15, 0.2) is 24.3 Å². The second-order valence-corrected chi connectivity index (χ2v) is 8.33. The highest BCUT2D eigenvalue weighted by Gasteiger charge is 2.92. The van der Waals surface area contributed by atoms with Gasteiger partial charge in [-0.25, -0.2) is 0 Å². The van der Waals surface area contributed by atoms with Crippen molar-refractivity contribution in [1.29, 1.82) is 0 Å². The molecule has 1 aromatic carbocycles. The van der Waals surface area contributed by atoms with Gasteiger partial charge >= 0.3 is 0 Å². The Balaban J connectivity index is 1.56. The van der Waals surface area contributed by atoms with Crippen LogP contribution in [0.5, 0.6) is 0 Å². The molecule has 5 fully saturated rings. The van der Waals surface area contributed by atoms with Gasteiger partial charge in [0, 0.05) is 26.1 Å². The molecule has 21 heavy (non-hydrogen) atoms. The molecule has 10 unspecified atom stereocenters. The van der Waals surface area contributed by atoms with Gasteiger partial charge in [0.15, 0.2) is 5.79 Å². The highest BCUT2D eigenvalue weighted by atomic mass is 16.7. The van der Waals surface area contributed by atoms with E-state index in [1.807, 2.05) is 14.2 Å². The molecule has 0 N–H and O–H groups in total. The van der Waals surface area contributed by atoms with E-state index in [2.05, 4.69) is 24.3 Å². The zero-order valence-corrected chi connectivity index (χ0v) is 12.4. The number of hydrogen-bond donors (Lipinski definition) is 0. The normalized spacial score (nSPS) is 60.7. The van der Waals surface area contributed by atoms with Crippen LogP contribution in [-0.2, 0) is 9.47 Å². The zero-order valence-electron chi connectivity index (χ0n) is 12.4. The molecule has 7 aliphatic rings. The molecule has 7 aliphatic carbocycles. The van der Waals surface area contributed by atoms with Crippen LogP contribution in [0.3, 0.4) is 0 Å².